The molecule has 0 aliphatic rings. The van der Waals surface area contributed by atoms with Gasteiger partial charge >= 0.3 is 5.97 Å². The average Bonchev–Trinajstić information content (AvgIpc) is 2.65. The summed E-state index contributed by atoms with van der Waals surface area (Å²) in [5.74, 6) is -0.338. The predicted octanol–water partition coefficient (Wildman–Crippen LogP) is 4.07. The maximum Gasteiger partial charge on any atom is 0.330 e. The second-order valence-electron chi connectivity index (χ2n) is 7.60. The lowest BCUT2D eigenvalue weighted by molar-refractivity contribution is -0.137. The highest BCUT2D eigenvalue weighted by molar-refractivity contribution is 6.99. The van der Waals surface area contributed by atoms with Crippen molar-refractivity contribution in [2.75, 3.05) is 6.61 Å². The number of hydrogen-bond acceptors (Lipinski definition) is 3. The van der Waals surface area contributed by atoms with Gasteiger partial charge in [0.25, 0.3) is 8.32 Å². The molecule has 0 spiro atoms. The van der Waals surface area contributed by atoms with Crippen LogP contribution in [0.15, 0.2) is 72.8 Å². The SMILES string of the molecule is CCOC(=O)C=C[C@H](C)O[Si](c1ccccc1)(c1ccccc1)C(C)(C)C. The molecule has 0 N–H and O–H groups in total. The van der Waals surface area contributed by atoms with Gasteiger partial charge in [-0.1, -0.05) is 87.5 Å². The standard InChI is InChI=1S/C23H30O3Si/c1-6-25-22(24)18-17-19(2)26-27(23(3,4)5,20-13-9-7-10-14-20)21-15-11-8-12-16-21/h7-19H,6H2,1-5H3/t19-/m0/s1. The number of esters is 1. The Bertz CT molecular complexity index is 709. The van der Waals surface area contributed by atoms with Gasteiger partial charge in [-0.2, -0.15) is 0 Å². The molecule has 4 heteroatoms. The van der Waals surface area contributed by atoms with Crippen LogP contribution in [0.3, 0.4) is 0 Å². The van der Waals surface area contributed by atoms with Crippen LogP contribution in [0.1, 0.15) is 34.6 Å². The molecular weight excluding hydrogens is 352 g/mol. The van der Waals surface area contributed by atoms with E-state index in [1.165, 1.54) is 16.4 Å². The molecule has 2 aromatic rings. The van der Waals surface area contributed by atoms with Crippen molar-refractivity contribution < 1.29 is 14.0 Å². The highest BCUT2D eigenvalue weighted by Crippen LogP contribution is 2.37. The van der Waals surface area contributed by atoms with Crippen LogP contribution in [0.5, 0.6) is 0 Å². The van der Waals surface area contributed by atoms with Gasteiger partial charge in [0.15, 0.2) is 0 Å². The fraction of sp³-hybridized carbons (Fsp3) is 0.348. The lowest BCUT2D eigenvalue weighted by atomic mass is 10.2. The van der Waals surface area contributed by atoms with Crippen molar-refractivity contribution in [3.63, 3.8) is 0 Å². The van der Waals surface area contributed by atoms with Crippen molar-refractivity contribution >= 4 is 24.7 Å². The number of hydrogen-bond donors (Lipinski definition) is 0. The van der Waals surface area contributed by atoms with Crippen molar-refractivity contribution in [3.8, 4) is 0 Å². The number of carbonyl (C=O) groups excluding carboxylic acids is 1. The van der Waals surface area contributed by atoms with Crippen LogP contribution in [0, 0.1) is 0 Å². The Kier molecular flexibility index (Phi) is 7.16. The van der Waals surface area contributed by atoms with Gasteiger partial charge in [-0.3, -0.25) is 0 Å². The lowest BCUT2D eigenvalue weighted by Crippen LogP contribution is -2.67. The summed E-state index contributed by atoms with van der Waals surface area (Å²) in [6, 6.07) is 20.9. The summed E-state index contributed by atoms with van der Waals surface area (Å²) in [5, 5.41) is 2.35. The van der Waals surface area contributed by atoms with Gasteiger partial charge < -0.3 is 9.16 Å². The van der Waals surface area contributed by atoms with E-state index >= 15 is 0 Å². The van der Waals surface area contributed by atoms with Crippen molar-refractivity contribution in [1.29, 1.82) is 0 Å². The molecule has 0 heterocycles. The van der Waals surface area contributed by atoms with Gasteiger partial charge in [0.2, 0.25) is 0 Å². The van der Waals surface area contributed by atoms with E-state index in [9.17, 15) is 4.79 Å². The van der Waals surface area contributed by atoms with Crippen molar-refractivity contribution in [2.45, 2.75) is 45.8 Å². The van der Waals surface area contributed by atoms with Crippen molar-refractivity contribution in [2.24, 2.45) is 0 Å². The van der Waals surface area contributed by atoms with Crippen LogP contribution < -0.4 is 10.4 Å². The fourth-order valence-corrected chi connectivity index (χ4v) is 8.06. The van der Waals surface area contributed by atoms with Crippen LogP contribution >= 0.6 is 0 Å². The van der Waals surface area contributed by atoms with Crippen molar-refractivity contribution in [3.05, 3.63) is 72.8 Å². The Morgan fingerprint density at radius 1 is 1.00 bits per heavy atom. The first-order valence-corrected chi connectivity index (χ1v) is 11.4. The second kappa shape index (κ2) is 9.15. The van der Waals surface area contributed by atoms with Gasteiger partial charge in [-0.05, 0) is 29.3 Å². The summed E-state index contributed by atoms with van der Waals surface area (Å²) in [6.07, 6.45) is 3.03. The summed E-state index contributed by atoms with van der Waals surface area (Å²) >= 11 is 0. The summed E-state index contributed by atoms with van der Waals surface area (Å²) in [6.45, 7) is 10.9. The number of benzene rings is 2. The third-order valence-corrected chi connectivity index (χ3v) is 9.70. The lowest BCUT2D eigenvalue weighted by Gasteiger charge is -2.44. The summed E-state index contributed by atoms with van der Waals surface area (Å²) in [7, 11) is -2.61. The molecule has 1 atom stereocenters. The highest BCUT2D eigenvalue weighted by Gasteiger charge is 2.50. The Morgan fingerprint density at radius 2 is 1.48 bits per heavy atom. The number of ether oxygens (including phenoxy) is 1. The van der Waals surface area contributed by atoms with Crippen LogP contribution in [-0.4, -0.2) is 27.0 Å². The highest BCUT2D eigenvalue weighted by atomic mass is 28.4. The molecule has 0 aromatic heterocycles. The zero-order valence-corrected chi connectivity index (χ0v) is 17.9. The minimum Gasteiger partial charge on any atom is -0.463 e. The Hall–Kier alpha value is -2.17. The van der Waals surface area contributed by atoms with E-state index in [1.54, 1.807) is 13.0 Å². The number of rotatable bonds is 7. The van der Waals surface area contributed by atoms with Gasteiger partial charge in [0.05, 0.1) is 12.7 Å². The van der Waals surface area contributed by atoms with Crippen LogP contribution in [0.2, 0.25) is 5.04 Å². The van der Waals surface area contributed by atoms with E-state index < -0.39 is 8.32 Å². The van der Waals surface area contributed by atoms with E-state index in [0.29, 0.717) is 6.61 Å². The summed E-state index contributed by atoms with van der Waals surface area (Å²) in [5.41, 5.74) is 0. The second-order valence-corrected chi connectivity index (χ2v) is 11.9. The van der Waals surface area contributed by atoms with Crippen LogP contribution in [-0.2, 0) is 14.0 Å². The van der Waals surface area contributed by atoms with Gasteiger partial charge in [0.1, 0.15) is 0 Å². The quantitative estimate of drug-likeness (QED) is 0.411. The van der Waals surface area contributed by atoms with Gasteiger partial charge in [-0.15, -0.1) is 0 Å². The molecule has 0 radical (unpaired) electrons. The average molecular weight is 383 g/mol. The van der Waals surface area contributed by atoms with Gasteiger partial charge in [-0.25, -0.2) is 4.79 Å². The van der Waals surface area contributed by atoms with Gasteiger partial charge in [0, 0.05) is 6.08 Å². The van der Waals surface area contributed by atoms with E-state index in [2.05, 4.69) is 69.3 Å². The van der Waals surface area contributed by atoms with E-state index in [0.717, 1.165) is 0 Å². The fourth-order valence-electron chi connectivity index (χ4n) is 3.41. The smallest absolute Gasteiger partial charge is 0.330 e. The molecule has 0 saturated carbocycles. The maximum atomic E-state index is 11.7. The monoisotopic (exact) mass is 382 g/mol. The molecule has 0 fully saturated rings. The Labute approximate surface area is 164 Å². The molecule has 144 valence electrons. The summed E-state index contributed by atoms with van der Waals surface area (Å²) in [4.78, 5) is 11.7. The van der Waals surface area contributed by atoms with Crippen molar-refractivity contribution in [1.82, 2.24) is 0 Å². The zero-order valence-electron chi connectivity index (χ0n) is 16.9. The molecule has 3 nitrogen and oxygen atoms in total. The number of carbonyl (C=O) groups is 1. The largest absolute Gasteiger partial charge is 0.463 e. The first-order valence-electron chi connectivity index (χ1n) is 9.45. The zero-order chi connectivity index (χ0) is 19.9. The third kappa shape index (κ3) is 4.96. The normalized spacial score (nSPS) is 13.5. The van der Waals surface area contributed by atoms with E-state index in [1.807, 2.05) is 19.1 Å². The Balaban J connectivity index is 2.51. The first kappa shape index (κ1) is 21.1. The maximum absolute atomic E-state index is 11.7. The minimum atomic E-state index is -2.61. The molecular formula is C23H30O3Si. The molecule has 0 bridgehead atoms. The molecule has 0 amide bonds. The van der Waals surface area contributed by atoms with Crippen LogP contribution in [0.4, 0.5) is 0 Å². The topological polar surface area (TPSA) is 35.5 Å². The third-order valence-electron chi connectivity index (χ3n) is 4.57. The molecule has 27 heavy (non-hydrogen) atoms. The van der Waals surface area contributed by atoms with E-state index in [-0.39, 0.29) is 17.1 Å². The molecule has 0 unspecified atom stereocenters. The van der Waals surface area contributed by atoms with Crippen LogP contribution in [0.25, 0.3) is 0 Å². The van der Waals surface area contributed by atoms with E-state index in [4.69, 9.17) is 9.16 Å². The predicted molar refractivity (Wildman–Crippen MR) is 114 cm³/mol. The molecule has 2 aromatic carbocycles. The minimum absolute atomic E-state index is 0.0955. The summed E-state index contributed by atoms with van der Waals surface area (Å²) < 4.78 is 11.8. The molecule has 0 aliphatic carbocycles. The Morgan fingerprint density at radius 3 is 1.89 bits per heavy atom. The molecule has 2 rings (SSSR count). The molecule has 0 aliphatic heterocycles. The first-order chi connectivity index (χ1) is 12.8. The molecule has 0 saturated heterocycles.